The quantitative estimate of drug-likeness (QED) is 0.248. The van der Waals surface area contributed by atoms with Crippen LogP contribution in [0.2, 0.25) is 0 Å². The van der Waals surface area contributed by atoms with Crippen LogP contribution in [0.5, 0.6) is 0 Å². The summed E-state index contributed by atoms with van der Waals surface area (Å²) in [6.07, 6.45) is 0. The number of carbonyl (C=O) groups is 1. The summed E-state index contributed by atoms with van der Waals surface area (Å²) in [5, 5.41) is 10.0. The number of hydrogen-bond donors (Lipinski definition) is 4. The molecule has 0 unspecified atom stereocenters. The van der Waals surface area contributed by atoms with Gasteiger partial charge in [-0.05, 0) is 0 Å². The molecule has 0 aromatic heterocycles. The number of nitrogens with zero attached hydrogens (tertiary/aromatic N) is 2. The molecule has 1 aliphatic heterocycles. The van der Waals surface area contributed by atoms with Crippen molar-refractivity contribution in [3.05, 3.63) is 0 Å². The molecule has 7 heteroatoms. The van der Waals surface area contributed by atoms with Gasteiger partial charge >= 0.3 is 0 Å². The van der Waals surface area contributed by atoms with Crippen molar-refractivity contribution in [2.75, 3.05) is 19.6 Å². The molecule has 0 aromatic rings. The molecule has 0 spiro atoms. The van der Waals surface area contributed by atoms with Gasteiger partial charge in [0, 0.05) is 13.1 Å². The molecule has 0 aromatic carbocycles. The van der Waals surface area contributed by atoms with Gasteiger partial charge in [0.25, 0.3) is 0 Å². The minimum absolute atomic E-state index is 0.0742. The third-order valence-electron chi connectivity index (χ3n) is 1.57. The molecule has 1 heterocycles. The van der Waals surface area contributed by atoms with Crippen molar-refractivity contribution in [1.82, 2.24) is 10.2 Å². The number of carbonyl (C=O) groups excluding carboxylic acids is 1. The van der Waals surface area contributed by atoms with E-state index in [0.29, 0.717) is 13.1 Å². The van der Waals surface area contributed by atoms with Crippen molar-refractivity contribution in [3.8, 4) is 0 Å². The maximum Gasteiger partial charge on any atom is 0.239 e. The number of nitrogens with two attached hydrogens (primary N) is 2. The Labute approximate surface area is 75.3 Å². The molecular weight excluding hydrogens is 172 g/mol. The Balaban J connectivity index is 2.56. The van der Waals surface area contributed by atoms with Gasteiger partial charge in [-0.3, -0.25) is 10.2 Å². The smallest absolute Gasteiger partial charge is 0.239 e. The fourth-order valence-corrected chi connectivity index (χ4v) is 1.01. The number of aliphatic imine (C=N–C) groups is 1. The highest BCUT2D eigenvalue weighted by Gasteiger charge is 2.17. The Kier molecular flexibility index (Phi) is 2.68. The number of hydrogen-bond acceptors (Lipinski definition) is 2. The number of guanidine groups is 2. The zero-order chi connectivity index (χ0) is 9.84. The Morgan fingerprint density at radius 3 is 2.85 bits per heavy atom. The summed E-state index contributed by atoms with van der Waals surface area (Å²) in [6.45, 7) is 1.21. The Morgan fingerprint density at radius 1 is 1.62 bits per heavy atom. The second kappa shape index (κ2) is 3.74. The molecule has 0 saturated carbocycles. The summed E-state index contributed by atoms with van der Waals surface area (Å²) in [4.78, 5) is 15.9. The number of piperazine rings is 1. The van der Waals surface area contributed by atoms with Crippen LogP contribution < -0.4 is 16.8 Å². The average molecular weight is 184 g/mol. The first-order chi connectivity index (χ1) is 6.09. The van der Waals surface area contributed by atoms with E-state index in [1.165, 1.54) is 4.90 Å². The minimum Gasteiger partial charge on any atom is -0.370 e. The lowest BCUT2D eigenvalue weighted by molar-refractivity contribution is -0.122. The molecule has 1 amide bonds. The van der Waals surface area contributed by atoms with Crippen LogP contribution in [0.15, 0.2) is 4.99 Å². The van der Waals surface area contributed by atoms with Crippen LogP contribution in [0.25, 0.3) is 0 Å². The summed E-state index contributed by atoms with van der Waals surface area (Å²) >= 11 is 0. The fourth-order valence-electron chi connectivity index (χ4n) is 1.01. The molecule has 1 rings (SSSR count). The third-order valence-corrected chi connectivity index (χ3v) is 1.57. The van der Waals surface area contributed by atoms with Gasteiger partial charge in [0.05, 0.1) is 6.54 Å². The van der Waals surface area contributed by atoms with Gasteiger partial charge in [0.2, 0.25) is 11.9 Å². The van der Waals surface area contributed by atoms with Gasteiger partial charge in [-0.15, -0.1) is 0 Å². The highest BCUT2D eigenvalue weighted by atomic mass is 16.2. The van der Waals surface area contributed by atoms with Gasteiger partial charge in [-0.2, -0.15) is 4.99 Å². The maximum atomic E-state index is 10.9. The van der Waals surface area contributed by atoms with E-state index in [2.05, 4.69) is 10.3 Å². The first-order valence-corrected chi connectivity index (χ1v) is 3.79. The van der Waals surface area contributed by atoms with Crippen molar-refractivity contribution in [2.45, 2.75) is 0 Å². The molecule has 1 aliphatic rings. The van der Waals surface area contributed by atoms with Gasteiger partial charge < -0.3 is 21.7 Å². The van der Waals surface area contributed by atoms with E-state index >= 15 is 0 Å². The summed E-state index contributed by atoms with van der Waals surface area (Å²) < 4.78 is 0. The second-order valence-electron chi connectivity index (χ2n) is 2.63. The summed E-state index contributed by atoms with van der Waals surface area (Å²) in [6, 6.07) is 0. The molecule has 0 atom stereocenters. The topological polar surface area (TPSA) is 121 Å². The fraction of sp³-hybridized carbons (Fsp3) is 0.500. The molecule has 0 bridgehead atoms. The van der Waals surface area contributed by atoms with Gasteiger partial charge in [0.1, 0.15) is 0 Å². The van der Waals surface area contributed by atoms with Gasteiger partial charge in [0.15, 0.2) is 5.96 Å². The van der Waals surface area contributed by atoms with E-state index in [1.54, 1.807) is 0 Å². The maximum absolute atomic E-state index is 10.9. The van der Waals surface area contributed by atoms with Crippen molar-refractivity contribution >= 4 is 17.8 Å². The van der Waals surface area contributed by atoms with Crippen molar-refractivity contribution < 1.29 is 4.79 Å². The van der Waals surface area contributed by atoms with E-state index in [0.717, 1.165) is 0 Å². The highest BCUT2D eigenvalue weighted by molar-refractivity contribution is 5.94. The minimum atomic E-state index is -0.170. The van der Waals surface area contributed by atoms with Crippen LogP contribution >= 0.6 is 0 Å². The zero-order valence-corrected chi connectivity index (χ0v) is 7.08. The molecule has 13 heavy (non-hydrogen) atoms. The lowest BCUT2D eigenvalue weighted by atomic mass is 10.4. The van der Waals surface area contributed by atoms with Gasteiger partial charge in [-0.1, -0.05) is 0 Å². The van der Waals surface area contributed by atoms with Crippen molar-refractivity contribution in [2.24, 2.45) is 16.5 Å². The summed E-state index contributed by atoms with van der Waals surface area (Å²) in [7, 11) is 0. The normalized spacial score (nSPS) is 16.3. The van der Waals surface area contributed by atoms with Crippen LogP contribution in [0.3, 0.4) is 0 Å². The lowest BCUT2D eigenvalue weighted by Gasteiger charge is -2.26. The van der Waals surface area contributed by atoms with Crippen LogP contribution in [0.4, 0.5) is 0 Å². The number of rotatable bonds is 0. The van der Waals surface area contributed by atoms with Crippen LogP contribution in [0.1, 0.15) is 0 Å². The molecule has 6 N–H and O–H groups in total. The van der Waals surface area contributed by atoms with E-state index in [4.69, 9.17) is 16.9 Å². The SMILES string of the molecule is N=C(N=C(N)N)N1CCNC(=O)C1. The second-order valence-corrected chi connectivity index (χ2v) is 2.63. The first kappa shape index (κ1) is 9.30. The molecule has 72 valence electrons. The van der Waals surface area contributed by atoms with Gasteiger partial charge in [-0.25, -0.2) is 0 Å². The highest BCUT2D eigenvalue weighted by Crippen LogP contribution is 1.95. The Morgan fingerprint density at radius 2 is 2.31 bits per heavy atom. The van der Waals surface area contributed by atoms with Crippen molar-refractivity contribution in [3.63, 3.8) is 0 Å². The van der Waals surface area contributed by atoms with E-state index < -0.39 is 0 Å². The molecule has 0 aliphatic carbocycles. The Hall–Kier alpha value is -1.79. The van der Waals surface area contributed by atoms with Crippen LogP contribution in [-0.4, -0.2) is 42.4 Å². The third kappa shape index (κ3) is 2.62. The van der Waals surface area contributed by atoms with Crippen molar-refractivity contribution in [1.29, 1.82) is 5.41 Å². The monoisotopic (exact) mass is 184 g/mol. The van der Waals surface area contributed by atoms with E-state index in [9.17, 15) is 4.79 Å². The van der Waals surface area contributed by atoms with Crippen LogP contribution in [-0.2, 0) is 4.79 Å². The Bertz CT molecular complexity index is 256. The largest absolute Gasteiger partial charge is 0.370 e. The predicted octanol–water partition coefficient (Wildman–Crippen LogP) is -2.37. The molecule has 7 nitrogen and oxygen atoms in total. The molecule has 1 saturated heterocycles. The average Bonchev–Trinajstić information content (AvgIpc) is 2.03. The standard InChI is InChI=1S/C6H12N6O/c7-5(8)11-6(9)12-2-1-10-4(13)3-12/h1-3H2,(H,10,13)(H5,7,8,9,11). The summed E-state index contributed by atoms with van der Waals surface area (Å²) in [5.74, 6) is -0.368. The van der Waals surface area contributed by atoms with E-state index in [1.807, 2.05) is 0 Å². The lowest BCUT2D eigenvalue weighted by Crippen LogP contribution is -2.49. The molecule has 1 fully saturated rings. The summed E-state index contributed by atoms with van der Waals surface area (Å²) in [5.41, 5.74) is 10.2. The molecular formula is C6H12N6O. The first-order valence-electron chi connectivity index (χ1n) is 3.79. The number of nitrogens with one attached hydrogen (secondary N) is 2. The number of amides is 1. The predicted molar refractivity (Wildman–Crippen MR) is 48.1 cm³/mol. The molecule has 0 radical (unpaired) electrons. The van der Waals surface area contributed by atoms with Crippen LogP contribution in [0, 0.1) is 5.41 Å². The van der Waals surface area contributed by atoms with E-state index in [-0.39, 0.29) is 24.4 Å². The zero-order valence-electron chi connectivity index (χ0n) is 7.08.